The maximum atomic E-state index is 10.7. The van der Waals surface area contributed by atoms with Crippen LogP contribution in [0.15, 0.2) is 30.4 Å². The highest BCUT2D eigenvalue weighted by Gasteiger charge is 2.05. The van der Waals surface area contributed by atoms with Crippen LogP contribution in [0.4, 0.5) is 0 Å². The molecule has 0 radical (unpaired) electrons. The molecule has 3 nitrogen and oxygen atoms in total. The van der Waals surface area contributed by atoms with Crippen LogP contribution in [-0.2, 0) is 0 Å². The van der Waals surface area contributed by atoms with E-state index in [2.05, 4.69) is 26.0 Å². The van der Waals surface area contributed by atoms with E-state index in [1.165, 1.54) is 0 Å². The Morgan fingerprint density at radius 1 is 1.21 bits per heavy atom. The second kappa shape index (κ2) is 8.35. The van der Waals surface area contributed by atoms with Crippen molar-refractivity contribution in [2.75, 3.05) is 13.2 Å². The first kappa shape index (κ1) is 15.3. The highest BCUT2D eigenvalue weighted by molar-refractivity contribution is 5.76. The lowest BCUT2D eigenvalue weighted by atomic mass is 10.2. The fourth-order valence-electron chi connectivity index (χ4n) is 1.59. The largest absolute Gasteiger partial charge is 0.490 e. The molecule has 0 aliphatic heterocycles. The molecular weight excluding hydrogens is 240 g/mol. The Balaban J connectivity index is 2.59. The Morgan fingerprint density at radius 2 is 2.00 bits per heavy atom. The van der Waals surface area contributed by atoms with Crippen molar-refractivity contribution >= 4 is 6.29 Å². The van der Waals surface area contributed by atoms with Gasteiger partial charge in [0, 0.05) is 5.56 Å². The van der Waals surface area contributed by atoms with Gasteiger partial charge in [-0.15, -0.1) is 0 Å². The summed E-state index contributed by atoms with van der Waals surface area (Å²) in [5, 5.41) is 0. The SMILES string of the molecule is CCOc1cc(C=O)ccc1OCC/C=C/C(C)C. The fraction of sp³-hybridized carbons (Fsp3) is 0.438. The molecule has 1 aromatic rings. The van der Waals surface area contributed by atoms with Crippen LogP contribution >= 0.6 is 0 Å². The van der Waals surface area contributed by atoms with E-state index >= 15 is 0 Å². The van der Waals surface area contributed by atoms with E-state index < -0.39 is 0 Å². The predicted molar refractivity (Wildman–Crippen MR) is 77.1 cm³/mol. The third-order valence-electron chi connectivity index (χ3n) is 2.47. The zero-order chi connectivity index (χ0) is 14.1. The van der Waals surface area contributed by atoms with Gasteiger partial charge in [-0.2, -0.15) is 0 Å². The van der Waals surface area contributed by atoms with Crippen LogP contribution in [0, 0.1) is 5.92 Å². The number of benzene rings is 1. The van der Waals surface area contributed by atoms with Gasteiger partial charge in [0.05, 0.1) is 13.2 Å². The van der Waals surface area contributed by atoms with Gasteiger partial charge in [-0.25, -0.2) is 0 Å². The van der Waals surface area contributed by atoms with Crippen LogP contribution in [0.3, 0.4) is 0 Å². The Morgan fingerprint density at radius 3 is 2.63 bits per heavy atom. The van der Waals surface area contributed by atoms with E-state index in [4.69, 9.17) is 9.47 Å². The number of hydrogen-bond donors (Lipinski definition) is 0. The lowest BCUT2D eigenvalue weighted by Crippen LogP contribution is -2.01. The Kier molecular flexibility index (Phi) is 6.72. The number of hydrogen-bond acceptors (Lipinski definition) is 3. The quantitative estimate of drug-likeness (QED) is 0.405. The third kappa shape index (κ3) is 5.60. The maximum absolute atomic E-state index is 10.7. The molecule has 0 aliphatic rings. The number of carbonyl (C=O) groups is 1. The van der Waals surface area contributed by atoms with E-state index in [0.717, 1.165) is 12.7 Å². The van der Waals surface area contributed by atoms with Gasteiger partial charge in [-0.1, -0.05) is 26.0 Å². The number of aldehydes is 1. The van der Waals surface area contributed by atoms with Gasteiger partial charge in [0.15, 0.2) is 11.5 Å². The highest BCUT2D eigenvalue weighted by atomic mass is 16.5. The molecule has 0 spiro atoms. The Labute approximate surface area is 115 Å². The monoisotopic (exact) mass is 262 g/mol. The summed E-state index contributed by atoms with van der Waals surface area (Å²) in [5.74, 6) is 1.87. The summed E-state index contributed by atoms with van der Waals surface area (Å²) in [6, 6.07) is 5.21. The van der Waals surface area contributed by atoms with Crippen molar-refractivity contribution in [1.82, 2.24) is 0 Å². The van der Waals surface area contributed by atoms with Crippen LogP contribution in [0.5, 0.6) is 11.5 Å². The number of allylic oxidation sites excluding steroid dienone is 1. The first-order chi connectivity index (χ1) is 9.17. The second-order valence-electron chi connectivity index (χ2n) is 4.57. The van der Waals surface area contributed by atoms with Gasteiger partial charge < -0.3 is 9.47 Å². The van der Waals surface area contributed by atoms with Gasteiger partial charge in [0.1, 0.15) is 6.29 Å². The van der Waals surface area contributed by atoms with Crippen LogP contribution < -0.4 is 9.47 Å². The lowest BCUT2D eigenvalue weighted by molar-refractivity contribution is 0.112. The molecule has 3 heteroatoms. The molecule has 104 valence electrons. The fourth-order valence-corrected chi connectivity index (χ4v) is 1.59. The molecule has 0 unspecified atom stereocenters. The molecule has 1 aromatic carbocycles. The zero-order valence-corrected chi connectivity index (χ0v) is 11.9. The van der Waals surface area contributed by atoms with Gasteiger partial charge in [-0.05, 0) is 37.5 Å². The average molecular weight is 262 g/mol. The summed E-state index contributed by atoms with van der Waals surface area (Å²) in [5.41, 5.74) is 0.593. The van der Waals surface area contributed by atoms with E-state index in [0.29, 0.717) is 36.2 Å². The first-order valence-electron chi connectivity index (χ1n) is 6.68. The Hall–Kier alpha value is -1.77. The van der Waals surface area contributed by atoms with Crippen molar-refractivity contribution in [3.8, 4) is 11.5 Å². The van der Waals surface area contributed by atoms with Crippen LogP contribution in [0.1, 0.15) is 37.6 Å². The number of carbonyl (C=O) groups excluding carboxylic acids is 1. The van der Waals surface area contributed by atoms with Gasteiger partial charge >= 0.3 is 0 Å². The van der Waals surface area contributed by atoms with Crippen LogP contribution in [-0.4, -0.2) is 19.5 Å². The summed E-state index contributed by atoms with van der Waals surface area (Å²) in [7, 11) is 0. The summed E-state index contributed by atoms with van der Waals surface area (Å²) < 4.78 is 11.2. The summed E-state index contributed by atoms with van der Waals surface area (Å²) in [6.07, 6.45) is 5.93. The van der Waals surface area contributed by atoms with Crippen molar-refractivity contribution in [2.24, 2.45) is 5.92 Å². The molecule has 19 heavy (non-hydrogen) atoms. The van der Waals surface area contributed by atoms with E-state index in [1.807, 2.05) is 6.92 Å². The molecule has 0 bridgehead atoms. The summed E-state index contributed by atoms with van der Waals surface area (Å²) >= 11 is 0. The average Bonchev–Trinajstić information content (AvgIpc) is 2.39. The van der Waals surface area contributed by atoms with Crippen LogP contribution in [0.25, 0.3) is 0 Å². The smallest absolute Gasteiger partial charge is 0.161 e. The van der Waals surface area contributed by atoms with Gasteiger partial charge in [-0.3, -0.25) is 4.79 Å². The molecular formula is C16H22O3. The van der Waals surface area contributed by atoms with Crippen molar-refractivity contribution in [1.29, 1.82) is 0 Å². The molecule has 0 aliphatic carbocycles. The third-order valence-corrected chi connectivity index (χ3v) is 2.47. The molecule has 0 saturated heterocycles. The van der Waals surface area contributed by atoms with Crippen molar-refractivity contribution in [3.05, 3.63) is 35.9 Å². The maximum Gasteiger partial charge on any atom is 0.161 e. The normalized spacial score (nSPS) is 10.9. The highest BCUT2D eigenvalue weighted by Crippen LogP contribution is 2.28. The summed E-state index contributed by atoms with van der Waals surface area (Å²) in [6.45, 7) is 7.34. The van der Waals surface area contributed by atoms with Gasteiger partial charge in [0.2, 0.25) is 0 Å². The molecule has 0 fully saturated rings. The Bertz CT molecular complexity index is 422. The topological polar surface area (TPSA) is 35.5 Å². The van der Waals surface area contributed by atoms with Gasteiger partial charge in [0.25, 0.3) is 0 Å². The summed E-state index contributed by atoms with van der Waals surface area (Å²) in [4.78, 5) is 10.7. The van der Waals surface area contributed by atoms with E-state index in [9.17, 15) is 4.79 Å². The lowest BCUT2D eigenvalue weighted by Gasteiger charge is -2.11. The molecule has 0 amide bonds. The van der Waals surface area contributed by atoms with Crippen molar-refractivity contribution in [3.63, 3.8) is 0 Å². The van der Waals surface area contributed by atoms with E-state index in [1.54, 1.807) is 18.2 Å². The van der Waals surface area contributed by atoms with Crippen molar-refractivity contribution < 1.29 is 14.3 Å². The molecule has 0 heterocycles. The molecule has 0 saturated carbocycles. The first-order valence-corrected chi connectivity index (χ1v) is 6.68. The molecule has 0 atom stereocenters. The zero-order valence-electron chi connectivity index (χ0n) is 11.9. The minimum absolute atomic E-state index is 0.548. The van der Waals surface area contributed by atoms with E-state index in [-0.39, 0.29) is 0 Å². The standard InChI is InChI=1S/C16H22O3/c1-4-18-16-11-14(12-17)8-9-15(16)19-10-6-5-7-13(2)3/h5,7-9,11-13H,4,6,10H2,1-3H3/b7-5+. The second-order valence-corrected chi connectivity index (χ2v) is 4.57. The number of rotatable bonds is 8. The predicted octanol–water partition coefficient (Wildman–Crippen LogP) is 3.88. The molecule has 0 N–H and O–H groups in total. The molecule has 1 rings (SSSR count). The minimum atomic E-state index is 0.548. The minimum Gasteiger partial charge on any atom is -0.490 e. The van der Waals surface area contributed by atoms with Crippen molar-refractivity contribution in [2.45, 2.75) is 27.2 Å². The number of ether oxygens (including phenoxy) is 2. The molecule has 0 aromatic heterocycles. The van der Waals surface area contributed by atoms with Crippen LogP contribution in [0.2, 0.25) is 0 Å².